The van der Waals surface area contributed by atoms with E-state index < -0.39 is 5.97 Å². The predicted octanol–water partition coefficient (Wildman–Crippen LogP) is 2.57. The quantitative estimate of drug-likeness (QED) is 0.539. The van der Waals surface area contributed by atoms with E-state index >= 15 is 0 Å². The summed E-state index contributed by atoms with van der Waals surface area (Å²) in [4.78, 5) is 23.1. The van der Waals surface area contributed by atoms with Crippen LogP contribution in [0.1, 0.15) is 29.0 Å². The molecule has 0 atom stereocenters. The van der Waals surface area contributed by atoms with E-state index in [1.54, 1.807) is 32.4 Å². The second kappa shape index (κ2) is 8.92. The van der Waals surface area contributed by atoms with E-state index in [1.165, 1.54) is 21.1 Å². The van der Waals surface area contributed by atoms with E-state index in [0.29, 0.717) is 22.2 Å². The van der Waals surface area contributed by atoms with Gasteiger partial charge in [-0.1, -0.05) is 17.4 Å². The number of carboxylic acids is 1. The first kappa shape index (κ1) is 19.9. The van der Waals surface area contributed by atoms with E-state index in [-0.39, 0.29) is 19.0 Å². The molecule has 2 aromatic rings. The molecule has 0 radical (unpaired) electrons. The molecule has 0 saturated heterocycles. The van der Waals surface area contributed by atoms with Gasteiger partial charge in [0.25, 0.3) is 0 Å². The maximum atomic E-state index is 11.4. The second-order valence-corrected chi connectivity index (χ2v) is 7.50. The molecule has 8 nitrogen and oxygen atoms in total. The molecule has 0 fully saturated rings. The zero-order chi connectivity index (χ0) is 20.1. The zero-order valence-electron chi connectivity index (χ0n) is 16.0. The molecule has 0 bridgehead atoms. The first-order chi connectivity index (χ1) is 13.5. The highest BCUT2D eigenvalue weighted by atomic mass is 32.1. The number of thiazole rings is 1. The minimum Gasteiger partial charge on any atom is -0.496 e. The van der Waals surface area contributed by atoms with Crippen LogP contribution >= 0.6 is 11.3 Å². The average Bonchev–Trinajstić information content (AvgIpc) is 3.09. The number of aliphatic carboxylic acids is 1. The molecule has 1 aliphatic rings. The van der Waals surface area contributed by atoms with Crippen molar-refractivity contribution >= 4 is 28.4 Å². The van der Waals surface area contributed by atoms with Crippen LogP contribution in [0.2, 0.25) is 0 Å². The number of nitrogens with zero attached hydrogens (tertiary/aromatic N) is 3. The van der Waals surface area contributed by atoms with Crippen molar-refractivity contribution in [2.24, 2.45) is 10.7 Å². The summed E-state index contributed by atoms with van der Waals surface area (Å²) in [5, 5.41) is 9.90. The van der Waals surface area contributed by atoms with E-state index in [1.807, 2.05) is 0 Å². The molecule has 9 heteroatoms. The maximum absolute atomic E-state index is 11.4. The van der Waals surface area contributed by atoms with Gasteiger partial charge in [-0.25, -0.2) is 4.98 Å². The van der Waals surface area contributed by atoms with Crippen molar-refractivity contribution in [3.8, 4) is 11.5 Å². The Labute approximate surface area is 167 Å². The second-order valence-electron chi connectivity index (χ2n) is 6.43. The Bertz CT molecular complexity index is 835. The fourth-order valence-corrected chi connectivity index (χ4v) is 4.24. The molecule has 0 aliphatic heterocycles. The number of carbonyl (C=O) groups is 1. The standard InChI is InChI=1S/C19H24N4O4S/c1-26-14-7-5-8-15(27-2)12(14)10-23(11-17(24)25)18(20)22-19-21-13-6-3-4-9-16(13)28-19/h5,7-8H,3-4,6,9-11H2,1-2H3,(H,24,25)(H2,20,21,22). The number of carboxylic acid groups (broad SMARTS) is 1. The third-order valence-corrected chi connectivity index (χ3v) is 5.62. The summed E-state index contributed by atoms with van der Waals surface area (Å²) in [7, 11) is 3.11. The van der Waals surface area contributed by atoms with Crippen LogP contribution < -0.4 is 15.2 Å². The van der Waals surface area contributed by atoms with Crippen LogP contribution in [-0.2, 0) is 24.2 Å². The molecule has 1 aliphatic carbocycles. The van der Waals surface area contributed by atoms with Crippen molar-refractivity contribution in [3.63, 3.8) is 0 Å². The lowest BCUT2D eigenvalue weighted by Gasteiger charge is -2.23. The Balaban J connectivity index is 1.90. The number of rotatable bonds is 7. The number of nitrogens with two attached hydrogens (primary N) is 1. The Kier molecular flexibility index (Phi) is 6.35. The Hall–Kier alpha value is -2.81. The monoisotopic (exact) mass is 404 g/mol. The van der Waals surface area contributed by atoms with Crippen molar-refractivity contribution in [2.45, 2.75) is 32.2 Å². The summed E-state index contributed by atoms with van der Waals surface area (Å²) < 4.78 is 10.8. The molecule has 3 rings (SSSR count). The number of ether oxygens (including phenoxy) is 2. The van der Waals surface area contributed by atoms with E-state index in [0.717, 1.165) is 31.4 Å². The van der Waals surface area contributed by atoms with Gasteiger partial charge in [-0.2, -0.15) is 4.99 Å². The van der Waals surface area contributed by atoms with Gasteiger partial charge in [0.2, 0.25) is 5.13 Å². The number of benzene rings is 1. The summed E-state index contributed by atoms with van der Waals surface area (Å²) in [6, 6.07) is 5.39. The van der Waals surface area contributed by atoms with Gasteiger partial charge < -0.3 is 25.2 Å². The first-order valence-electron chi connectivity index (χ1n) is 9.01. The number of aromatic nitrogens is 1. The van der Waals surface area contributed by atoms with Crippen LogP contribution in [0, 0.1) is 0 Å². The highest BCUT2D eigenvalue weighted by Crippen LogP contribution is 2.32. The van der Waals surface area contributed by atoms with Crippen molar-refractivity contribution < 1.29 is 19.4 Å². The summed E-state index contributed by atoms with van der Waals surface area (Å²) in [5.41, 5.74) is 7.97. The Morgan fingerprint density at radius 3 is 2.57 bits per heavy atom. The van der Waals surface area contributed by atoms with Gasteiger partial charge in [-0.05, 0) is 37.8 Å². The van der Waals surface area contributed by atoms with Gasteiger partial charge in [-0.3, -0.25) is 4.79 Å². The third-order valence-electron chi connectivity index (χ3n) is 4.57. The lowest BCUT2D eigenvalue weighted by atomic mass is 10.0. The van der Waals surface area contributed by atoms with Crippen molar-refractivity contribution in [2.75, 3.05) is 20.8 Å². The maximum Gasteiger partial charge on any atom is 0.323 e. The van der Waals surface area contributed by atoms with Crippen LogP contribution in [0.15, 0.2) is 23.2 Å². The molecule has 28 heavy (non-hydrogen) atoms. The lowest BCUT2D eigenvalue weighted by Crippen LogP contribution is -2.40. The van der Waals surface area contributed by atoms with Gasteiger partial charge in [0.1, 0.15) is 18.0 Å². The smallest absolute Gasteiger partial charge is 0.323 e. The molecule has 0 amide bonds. The lowest BCUT2D eigenvalue weighted by molar-refractivity contribution is -0.137. The zero-order valence-corrected chi connectivity index (χ0v) is 16.8. The molecule has 1 aromatic carbocycles. The Morgan fingerprint density at radius 1 is 1.29 bits per heavy atom. The minimum absolute atomic E-state index is 0.0986. The van der Waals surface area contributed by atoms with Gasteiger partial charge in [-0.15, -0.1) is 0 Å². The molecule has 0 saturated carbocycles. The van der Waals surface area contributed by atoms with Gasteiger partial charge in [0.05, 0.1) is 32.0 Å². The topological polar surface area (TPSA) is 110 Å². The van der Waals surface area contributed by atoms with Crippen LogP contribution in [-0.4, -0.2) is 47.7 Å². The average molecular weight is 404 g/mol. The molecule has 1 heterocycles. The molecule has 150 valence electrons. The number of hydrogen-bond acceptors (Lipinski definition) is 6. The van der Waals surface area contributed by atoms with Crippen LogP contribution in [0.3, 0.4) is 0 Å². The summed E-state index contributed by atoms with van der Waals surface area (Å²) in [6.07, 6.45) is 4.26. The van der Waals surface area contributed by atoms with E-state index in [2.05, 4.69) is 9.98 Å². The largest absolute Gasteiger partial charge is 0.496 e. The van der Waals surface area contributed by atoms with Crippen molar-refractivity contribution in [1.29, 1.82) is 0 Å². The number of methoxy groups -OCH3 is 2. The summed E-state index contributed by atoms with van der Waals surface area (Å²) in [5.74, 6) is 0.270. The van der Waals surface area contributed by atoms with Crippen LogP contribution in [0.5, 0.6) is 11.5 Å². The third kappa shape index (κ3) is 4.53. The molecule has 3 N–H and O–H groups in total. The Morgan fingerprint density at radius 2 is 1.96 bits per heavy atom. The fraction of sp³-hybridized carbons (Fsp3) is 0.421. The number of guanidine groups is 1. The predicted molar refractivity (Wildman–Crippen MR) is 108 cm³/mol. The van der Waals surface area contributed by atoms with Crippen LogP contribution in [0.4, 0.5) is 5.13 Å². The SMILES string of the molecule is COc1cccc(OC)c1CN(CC(=O)O)C(N)=Nc1nc2c(s1)CCCC2. The molecule has 1 aromatic heterocycles. The number of aryl methyl sites for hydroxylation is 2. The van der Waals surface area contributed by atoms with Crippen LogP contribution in [0.25, 0.3) is 0 Å². The number of aliphatic imine (C=N–C) groups is 1. The minimum atomic E-state index is -1.01. The first-order valence-corrected chi connectivity index (χ1v) is 9.82. The van der Waals surface area contributed by atoms with Crippen molar-refractivity contribution in [1.82, 2.24) is 9.88 Å². The number of hydrogen-bond donors (Lipinski definition) is 2. The van der Waals surface area contributed by atoms with E-state index in [4.69, 9.17) is 15.2 Å². The summed E-state index contributed by atoms with van der Waals surface area (Å²) in [6.45, 7) is -0.123. The summed E-state index contributed by atoms with van der Waals surface area (Å²) >= 11 is 1.52. The molecule has 0 spiro atoms. The van der Waals surface area contributed by atoms with Gasteiger partial charge >= 0.3 is 5.97 Å². The van der Waals surface area contributed by atoms with Crippen molar-refractivity contribution in [3.05, 3.63) is 34.3 Å². The van der Waals surface area contributed by atoms with Gasteiger partial charge in [0, 0.05) is 4.88 Å². The molecular weight excluding hydrogens is 380 g/mol. The van der Waals surface area contributed by atoms with E-state index in [9.17, 15) is 9.90 Å². The van der Waals surface area contributed by atoms with Gasteiger partial charge in [0.15, 0.2) is 5.96 Å². The molecule has 0 unspecified atom stereocenters. The highest BCUT2D eigenvalue weighted by molar-refractivity contribution is 7.15. The highest BCUT2D eigenvalue weighted by Gasteiger charge is 2.20. The number of fused-ring (bicyclic) bond motifs is 1. The molecular formula is C19H24N4O4S. The fourth-order valence-electron chi connectivity index (χ4n) is 3.21. The normalized spacial score (nSPS) is 13.7.